The molecule has 3 heteroatoms. The van der Waals surface area contributed by atoms with Crippen LogP contribution >= 0.6 is 0 Å². The maximum absolute atomic E-state index is 5.51. The normalized spacial score (nSPS) is 16.4. The van der Waals surface area contributed by atoms with E-state index in [1.807, 2.05) is 13.8 Å². The first-order valence-corrected chi connectivity index (χ1v) is 14.0. The molecule has 0 spiro atoms. The van der Waals surface area contributed by atoms with Crippen LogP contribution in [0.25, 0.3) is 6.08 Å². The molecule has 194 valence electrons. The van der Waals surface area contributed by atoms with Crippen molar-refractivity contribution in [3.8, 4) is 0 Å². The molecule has 2 aromatic carbocycles. The Balaban J connectivity index is 0.00000176. The maximum Gasteiger partial charge on any atom is 0.0642 e. The lowest BCUT2D eigenvalue weighted by Crippen LogP contribution is -2.36. The number of nitrogens with zero attached hydrogens (tertiary/aromatic N) is 2. The first-order chi connectivity index (χ1) is 17.6. The smallest absolute Gasteiger partial charge is 0.0642 e. The van der Waals surface area contributed by atoms with Crippen LogP contribution in [0.4, 0.5) is 11.4 Å². The van der Waals surface area contributed by atoms with Crippen LogP contribution < -0.4 is 9.80 Å². The third kappa shape index (κ3) is 7.86. The van der Waals surface area contributed by atoms with Gasteiger partial charge in [0.05, 0.1) is 13.2 Å². The molecule has 1 saturated heterocycles. The lowest BCUT2D eigenvalue weighted by Gasteiger charge is -2.34. The summed E-state index contributed by atoms with van der Waals surface area (Å²) in [5.74, 6) is 0.570. The van der Waals surface area contributed by atoms with Crippen LogP contribution in [0.15, 0.2) is 79.0 Å². The zero-order chi connectivity index (χ0) is 25.8. The van der Waals surface area contributed by atoms with E-state index in [1.54, 1.807) is 0 Å². The molecule has 0 radical (unpaired) electrons. The van der Waals surface area contributed by atoms with Crippen LogP contribution in [0.5, 0.6) is 0 Å². The summed E-state index contributed by atoms with van der Waals surface area (Å²) in [6.07, 6.45) is 11.8. The van der Waals surface area contributed by atoms with Gasteiger partial charge in [0.25, 0.3) is 0 Å². The number of benzene rings is 2. The molecule has 4 rings (SSSR count). The summed E-state index contributed by atoms with van der Waals surface area (Å²) >= 11 is 0. The Labute approximate surface area is 220 Å². The van der Waals surface area contributed by atoms with Gasteiger partial charge in [-0.1, -0.05) is 95.2 Å². The van der Waals surface area contributed by atoms with Crippen LogP contribution in [-0.4, -0.2) is 26.3 Å². The van der Waals surface area contributed by atoms with Crippen molar-refractivity contribution in [2.45, 2.75) is 65.8 Å². The molecule has 3 nitrogen and oxygen atoms in total. The Hall–Kier alpha value is -2.78. The molecule has 2 aromatic rings. The van der Waals surface area contributed by atoms with Crippen LogP contribution in [0.2, 0.25) is 0 Å². The fraction of sp³-hybridized carbons (Fsp3) is 0.455. The van der Waals surface area contributed by atoms with Crippen molar-refractivity contribution in [2.75, 3.05) is 36.1 Å². The van der Waals surface area contributed by atoms with Crippen LogP contribution in [0, 0.1) is 5.92 Å². The minimum absolute atomic E-state index is 0.570. The minimum atomic E-state index is 0.570. The molecule has 0 bridgehead atoms. The first kappa shape index (κ1) is 27.8. The Bertz CT molecular complexity index is 979. The van der Waals surface area contributed by atoms with E-state index in [2.05, 4.69) is 90.6 Å². The summed E-state index contributed by atoms with van der Waals surface area (Å²) in [6.45, 7) is 19.3. The van der Waals surface area contributed by atoms with Crippen LogP contribution in [0.3, 0.4) is 0 Å². The first-order valence-electron chi connectivity index (χ1n) is 14.0. The van der Waals surface area contributed by atoms with Gasteiger partial charge in [-0.3, -0.25) is 0 Å². The fourth-order valence-electron chi connectivity index (χ4n) is 4.96. The van der Waals surface area contributed by atoms with Gasteiger partial charge in [-0.25, -0.2) is 0 Å². The summed E-state index contributed by atoms with van der Waals surface area (Å²) < 4.78 is 5.51. The van der Waals surface area contributed by atoms with E-state index in [-0.39, 0.29) is 0 Å². The third-order valence-electron chi connectivity index (χ3n) is 7.22. The Kier molecular flexibility index (Phi) is 11.4. The van der Waals surface area contributed by atoms with Crippen molar-refractivity contribution in [3.05, 3.63) is 90.2 Å². The molecule has 0 unspecified atom stereocenters. The van der Waals surface area contributed by atoms with Crippen molar-refractivity contribution >= 4 is 17.5 Å². The number of allylic oxidation sites excluding steroid dienone is 3. The zero-order valence-corrected chi connectivity index (χ0v) is 22.8. The number of hydrogen-bond donors (Lipinski definition) is 0. The molecular formula is C33H46N2O. The van der Waals surface area contributed by atoms with Gasteiger partial charge >= 0.3 is 0 Å². The van der Waals surface area contributed by atoms with E-state index in [4.69, 9.17) is 4.74 Å². The van der Waals surface area contributed by atoms with Crippen molar-refractivity contribution < 1.29 is 4.74 Å². The van der Waals surface area contributed by atoms with Crippen molar-refractivity contribution in [2.24, 2.45) is 5.92 Å². The predicted octanol–water partition coefficient (Wildman–Crippen LogP) is 8.63. The van der Waals surface area contributed by atoms with Crippen molar-refractivity contribution in [1.29, 1.82) is 0 Å². The molecule has 1 heterocycles. The molecule has 2 fully saturated rings. The summed E-state index contributed by atoms with van der Waals surface area (Å²) in [7, 11) is 0. The van der Waals surface area contributed by atoms with Gasteiger partial charge in [-0.05, 0) is 60.6 Å². The Morgan fingerprint density at radius 1 is 1.00 bits per heavy atom. The average Bonchev–Trinajstić information content (AvgIpc) is 2.96. The molecule has 2 aliphatic rings. The van der Waals surface area contributed by atoms with Gasteiger partial charge < -0.3 is 14.5 Å². The lowest BCUT2D eigenvalue weighted by atomic mass is 9.86. The van der Waals surface area contributed by atoms with E-state index < -0.39 is 0 Å². The summed E-state index contributed by atoms with van der Waals surface area (Å²) in [4.78, 5) is 4.86. The van der Waals surface area contributed by atoms with Gasteiger partial charge in [0.1, 0.15) is 0 Å². The third-order valence-corrected chi connectivity index (χ3v) is 7.22. The van der Waals surface area contributed by atoms with Crippen LogP contribution in [-0.2, 0) is 11.3 Å². The predicted molar refractivity (Wildman–Crippen MR) is 158 cm³/mol. The van der Waals surface area contributed by atoms with Gasteiger partial charge in [-0.15, -0.1) is 0 Å². The average molecular weight is 487 g/mol. The standard InChI is InChI=1S/C31H40N2O.C2H6/c1-4-25(2)13-14-27-9-8-12-31(23-27)33(26(3)29-10-6-5-7-11-29)24-28-15-17-30(18-16-28)32-19-21-34-22-20-32;1-2/h8-9,12-18,23,29H,2-7,10-11,19-22,24H2,1H3;1-2H3/b14-13+;. The van der Waals surface area contributed by atoms with Gasteiger partial charge in [0, 0.05) is 36.7 Å². The topological polar surface area (TPSA) is 15.7 Å². The molecule has 0 atom stereocenters. The van der Waals surface area contributed by atoms with Crippen LogP contribution in [0.1, 0.15) is 70.4 Å². The second-order valence-electron chi connectivity index (χ2n) is 9.62. The van der Waals surface area contributed by atoms with E-state index in [1.165, 1.54) is 60.3 Å². The minimum Gasteiger partial charge on any atom is -0.378 e. The summed E-state index contributed by atoms with van der Waals surface area (Å²) in [5, 5.41) is 0. The van der Waals surface area contributed by atoms with E-state index >= 15 is 0 Å². The molecule has 0 amide bonds. The molecule has 0 N–H and O–H groups in total. The molecule has 1 aliphatic heterocycles. The second-order valence-corrected chi connectivity index (χ2v) is 9.62. The molecular weight excluding hydrogens is 440 g/mol. The van der Waals surface area contributed by atoms with E-state index in [0.717, 1.165) is 44.8 Å². The Morgan fingerprint density at radius 3 is 2.36 bits per heavy atom. The number of morpholine rings is 1. The number of ether oxygens (including phenoxy) is 1. The van der Waals surface area contributed by atoms with Crippen molar-refractivity contribution in [1.82, 2.24) is 0 Å². The number of hydrogen-bond acceptors (Lipinski definition) is 3. The SMILES string of the molecule is C=C(/C=C/c1cccc(N(Cc2ccc(N3CCOCC3)cc2)C(=C)C2CCCCC2)c1)CC.CC. The van der Waals surface area contributed by atoms with Gasteiger partial charge in [-0.2, -0.15) is 0 Å². The number of rotatable bonds is 9. The summed E-state index contributed by atoms with van der Waals surface area (Å²) in [5.41, 5.74) is 7.43. The zero-order valence-electron chi connectivity index (χ0n) is 22.8. The molecule has 1 aliphatic carbocycles. The largest absolute Gasteiger partial charge is 0.378 e. The highest BCUT2D eigenvalue weighted by atomic mass is 16.5. The highest BCUT2D eigenvalue weighted by Crippen LogP contribution is 2.34. The van der Waals surface area contributed by atoms with Gasteiger partial charge in [0.2, 0.25) is 0 Å². The highest BCUT2D eigenvalue weighted by Gasteiger charge is 2.22. The lowest BCUT2D eigenvalue weighted by molar-refractivity contribution is 0.122. The quantitative estimate of drug-likeness (QED) is 0.330. The monoisotopic (exact) mass is 486 g/mol. The van der Waals surface area contributed by atoms with Gasteiger partial charge in [0.15, 0.2) is 0 Å². The number of anilines is 2. The molecule has 1 saturated carbocycles. The van der Waals surface area contributed by atoms with E-state index in [9.17, 15) is 0 Å². The summed E-state index contributed by atoms with van der Waals surface area (Å²) in [6, 6.07) is 17.9. The maximum atomic E-state index is 5.51. The van der Waals surface area contributed by atoms with E-state index in [0.29, 0.717) is 5.92 Å². The second kappa shape index (κ2) is 14.7. The molecule has 36 heavy (non-hydrogen) atoms. The molecule has 0 aromatic heterocycles. The Morgan fingerprint density at radius 2 is 1.69 bits per heavy atom. The van der Waals surface area contributed by atoms with Crippen molar-refractivity contribution in [3.63, 3.8) is 0 Å². The highest BCUT2D eigenvalue weighted by molar-refractivity contribution is 5.62. The fourth-order valence-corrected chi connectivity index (χ4v) is 4.96.